The van der Waals surface area contributed by atoms with E-state index in [0.717, 1.165) is 10.4 Å². The highest BCUT2D eigenvalue weighted by Gasteiger charge is 2.35. The van der Waals surface area contributed by atoms with Gasteiger partial charge in [0.15, 0.2) is 0 Å². The summed E-state index contributed by atoms with van der Waals surface area (Å²) in [5.74, 6) is 0.240. The minimum Gasteiger partial charge on any atom is -0.419 e. The summed E-state index contributed by atoms with van der Waals surface area (Å²) in [6, 6.07) is 10.1. The first-order chi connectivity index (χ1) is 13.5. The van der Waals surface area contributed by atoms with Crippen molar-refractivity contribution in [3.63, 3.8) is 0 Å². The minimum atomic E-state index is -4.64. The van der Waals surface area contributed by atoms with Gasteiger partial charge in [-0.1, -0.05) is 29.8 Å². The van der Waals surface area contributed by atoms with E-state index in [9.17, 15) is 21.6 Å². The second-order valence-electron chi connectivity index (χ2n) is 6.15. The Hall–Kier alpha value is -2.43. The molecular formula is C18H15ClF3N3O3S. The number of rotatable bonds is 5. The third kappa shape index (κ3) is 4.29. The normalized spacial score (nSPS) is 13.6. The maximum Gasteiger partial charge on any atom is 0.416 e. The molecule has 154 valence electrons. The smallest absolute Gasteiger partial charge is 0.416 e. The molecule has 1 atom stereocenters. The first-order valence-electron chi connectivity index (χ1n) is 8.25. The van der Waals surface area contributed by atoms with Crippen LogP contribution < -0.4 is 0 Å². The molecule has 0 spiro atoms. The third-order valence-electron chi connectivity index (χ3n) is 4.28. The average molecular weight is 446 g/mol. The second kappa shape index (κ2) is 7.77. The van der Waals surface area contributed by atoms with Crippen LogP contribution in [0.25, 0.3) is 11.5 Å². The lowest BCUT2D eigenvalue weighted by Gasteiger charge is -2.22. The quantitative estimate of drug-likeness (QED) is 0.564. The number of halogens is 4. The van der Waals surface area contributed by atoms with Crippen LogP contribution in [0, 0.1) is 0 Å². The molecule has 1 heterocycles. The average Bonchev–Trinajstić information content (AvgIpc) is 3.16. The van der Waals surface area contributed by atoms with E-state index in [1.165, 1.54) is 14.0 Å². The van der Waals surface area contributed by atoms with E-state index in [1.807, 2.05) is 6.07 Å². The van der Waals surface area contributed by atoms with Gasteiger partial charge >= 0.3 is 6.18 Å². The molecule has 0 saturated carbocycles. The van der Waals surface area contributed by atoms with Gasteiger partial charge in [0.2, 0.25) is 21.8 Å². The molecule has 0 bridgehead atoms. The molecular weight excluding hydrogens is 431 g/mol. The van der Waals surface area contributed by atoms with E-state index in [1.54, 1.807) is 24.3 Å². The summed E-state index contributed by atoms with van der Waals surface area (Å²) >= 11 is 5.84. The monoisotopic (exact) mass is 445 g/mol. The minimum absolute atomic E-state index is 0.0259. The van der Waals surface area contributed by atoms with E-state index in [2.05, 4.69) is 10.2 Å². The molecule has 0 aliphatic carbocycles. The van der Waals surface area contributed by atoms with Gasteiger partial charge in [0.1, 0.15) is 10.9 Å². The number of alkyl halides is 3. The first-order valence-corrected chi connectivity index (χ1v) is 10.1. The number of aromatic nitrogens is 2. The molecule has 11 heteroatoms. The Morgan fingerprint density at radius 2 is 1.76 bits per heavy atom. The van der Waals surface area contributed by atoms with Gasteiger partial charge in [0.25, 0.3) is 0 Å². The van der Waals surface area contributed by atoms with Crippen LogP contribution in [0.3, 0.4) is 0 Å². The first kappa shape index (κ1) is 21.3. The van der Waals surface area contributed by atoms with E-state index < -0.39 is 37.7 Å². The molecule has 1 aromatic heterocycles. The van der Waals surface area contributed by atoms with Crippen molar-refractivity contribution < 1.29 is 26.0 Å². The van der Waals surface area contributed by atoms with Crippen molar-refractivity contribution in [2.24, 2.45) is 0 Å². The second-order valence-corrected chi connectivity index (χ2v) is 8.52. The van der Waals surface area contributed by atoms with Crippen LogP contribution in [0.15, 0.2) is 57.8 Å². The Morgan fingerprint density at radius 1 is 1.10 bits per heavy atom. The number of hydrogen-bond acceptors (Lipinski definition) is 5. The van der Waals surface area contributed by atoms with Crippen molar-refractivity contribution >= 4 is 21.6 Å². The topological polar surface area (TPSA) is 76.3 Å². The Bertz CT molecular complexity index is 1120. The van der Waals surface area contributed by atoms with Gasteiger partial charge in [-0.3, -0.25) is 0 Å². The number of nitrogens with zero attached hydrogens (tertiary/aromatic N) is 3. The van der Waals surface area contributed by atoms with E-state index >= 15 is 0 Å². The molecule has 6 nitrogen and oxygen atoms in total. The van der Waals surface area contributed by atoms with Gasteiger partial charge < -0.3 is 4.42 Å². The molecule has 0 saturated heterocycles. The largest absolute Gasteiger partial charge is 0.419 e. The summed E-state index contributed by atoms with van der Waals surface area (Å²) in [4.78, 5) is -0.454. The zero-order chi connectivity index (χ0) is 21.4. The summed E-state index contributed by atoms with van der Waals surface area (Å²) in [5, 5.41) is 7.26. The summed E-state index contributed by atoms with van der Waals surface area (Å²) in [6.45, 7) is 1.51. The molecule has 0 amide bonds. The number of hydrogen-bond donors (Lipinski definition) is 0. The summed E-state index contributed by atoms with van der Waals surface area (Å²) < 4.78 is 70.6. The summed E-state index contributed by atoms with van der Waals surface area (Å²) in [5.41, 5.74) is -0.378. The van der Waals surface area contributed by atoms with Crippen molar-refractivity contribution in [3.8, 4) is 11.5 Å². The van der Waals surface area contributed by atoms with E-state index in [0.29, 0.717) is 17.7 Å². The SMILES string of the molecule is CC(c1nnc(-c2ccccc2)o1)N(C)S(=O)(=O)c1ccc(C(F)(F)F)cc1Cl. The molecule has 0 N–H and O–H groups in total. The highest BCUT2D eigenvalue weighted by molar-refractivity contribution is 7.89. The highest BCUT2D eigenvalue weighted by Crippen LogP contribution is 2.35. The van der Waals surface area contributed by atoms with Gasteiger partial charge in [-0.25, -0.2) is 8.42 Å². The van der Waals surface area contributed by atoms with Crippen LogP contribution >= 0.6 is 11.6 Å². The van der Waals surface area contributed by atoms with Gasteiger partial charge in [-0.15, -0.1) is 10.2 Å². The zero-order valence-electron chi connectivity index (χ0n) is 15.2. The van der Waals surface area contributed by atoms with Gasteiger partial charge in [-0.2, -0.15) is 17.5 Å². The van der Waals surface area contributed by atoms with Crippen LogP contribution in [0.1, 0.15) is 24.4 Å². The predicted molar refractivity (Wildman–Crippen MR) is 99.6 cm³/mol. The van der Waals surface area contributed by atoms with Crippen molar-refractivity contribution in [3.05, 3.63) is 65.0 Å². The van der Waals surface area contributed by atoms with Crippen LogP contribution in [0.2, 0.25) is 5.02 Å². The maximum absolute atomic E-state index is 12.9. The van der Waals surface area contributed by atoms with Gasteiger partial charge in [0, 0.05) is 12.6 Å². The predicted octanol–water partition coefficient (Wildman–Crippen LogP) is 4.79. The van der Waals surface area contributed by atoms with Crippen molar-refractivity contribution in [2.45, 2.75) is 24.0 Å². The zero-order valence-corrected chi connectivity index (χ0v) is 16.8. The van der Waals surface area contributed by atoms with Crippen LogP contribution in [0.4, 0.5) is 13.2 Å². The fourth-order valence-electron chi connectivity index (χ4n) is 2.51. The Balaban J connectivity index is 1.89. The Kier molecular flexibility index (Phi) is 5.70. The van der Waals surface area contributed by atoms with Crippen molar-refractivity contribution in [2.75, 3.05) is 7.05 Å². The summed E-state index contributed by atoms with van der Waals surface area (Å²) in [6.07, 6.45) is -4.64. The molecule has 0 aliphatic heterocycles. The standard InChI is InChI=1S/C18H15ClF3N3O3S/c1-11(16-23-24-17(28-16)12-6-4-3-5-7-12)25(2)29(26,27)15-9-8-13(10-14(15)19)18(20,21)22/h3-11H,1-2H3. The van der Waals surface area contributed by atoms with Gasteiger partial charge in [0.05, 0.1) is 10.6 Å². The molecule has 3 aromatic rings. The Labute approximate surface area is 170 Å². The molecule has 2 aromatic carbocycles. The van der Waals surface area contributed by atoms with Gasteiger partial charge in [-0.05, 0) is 37.3 Å². The van der Waals surface area contributed by atoms with Crippen molar-refractivity contribution in [1.29, 1.82) is 0 Å². The van der Waals surface area contributed by atoms with E-state index in [-0.39, 0.29) is 11.8 Å². The van der Waals surface area contributed by atoms with Crippen molar-refractivity contribution in [1.82, 2.24) is 14.5 Å². The third-order valence-corrected chi connectivity index (χ3v) is 6.69. The molecule has 0 aliphatic rings. The fraction of sp³-hybridized carbons (Fsp3) is 0.222. The van der Waals surface area contributed by atoms with Crippen LogP contribution in [0.5, 0.6) is 0 Å². The molecule has 3 rings (SSSR count). The molecule has 0 fully saturated rings. The molecule has 29 heavy (non-hydrogen) atoms. The fourth-order valence-corrected chi connectivity index (χ4v) is 4.34. The number of sulfonamides is 1. The lowest BCUT2D eigenvalue weighted by molar-refractivity contribution is -0.137. The summed E-state index contributed by atoms with van der Waals surface area (Å²) in [7, 11) is -2.98. The molecule has 1 unspecified atom stereocenters. The molecule has 0 radical (unpaired) electrons. The highest BCUT2D eigenvalue weighted by atomic mass is 35.5. The maximum atomic E-state index is 12.9. The van der Waals surface area contributed by atoms with Crippen LogP contribution in [-0.2, 0) is 16.2 Å². The lowest BCUT2D eigenvalue weighted by Crippen LogP contribution is -2.30. The van der Waals surface area contributed by atoms with E-state index in [4.69, 9.17) is 16.0 Å². The number of benzene rings is 2. The van der Waals surface area contributed by atoms with Crippen LogP contribution in [-0.4, -0.2) is 30.0 Å². The lowest BCUT2D eigenvalue weighted by atomic mass is 10.2. The Morgan fingerprint density at radius 3 is 2.34 bits per heavy atom.